The molecule has 2 N–H and O–H groups in total. The van der Waals surface area contributed by atoms with Gasteiger partial charge in [-0.1, -0.05) is 79.5 Å². The summed E-state index contributed by atoms with van der Waals surface area (Å²) in [5.74, 6) is 0.0166. The Kier molecular flexibility index (Phi) is 22.6. The van der Waals surface area contributed by atoms with Crippen molar-refractivity contribution in [3.05, 3.63) is 24.4 Å². The van der Waals surface area contributed by atoms with Gasteiger partial charge in [-0.2, -0.15) is 0 Å². The van der Waals surface area contributed by atoms with E-state index >= 15 is 0 Å². The van der Waals surface area contributed by atoms with E-state index < -0.39 is 11.5 Å². The lowest BCUT2D eigenvalue weighted by molar-refractivity contribution is -0.140. The van der Waals surface area contributed by atoms with Crippen molar-refractivity contribution in [3.8, 4) is 0 Å². The van der Waals surface area contributed by atoms with Crippen molar-refractivity contribution in [2.75, 3.05) is 59.4 Å². The molecule has 2 aliphatic rings. The summed E-state index contributed by atoms with van der Waals surface area (Å²) in [6, 6.07) is -0.491. The van der Waals surface area contributed by atoms with Crippen LogP contribution in [0.15, 0.2) is 24.4 Å². The summed E-state index contributed by atoms with van der Waals surface area (Å²) in [5.41, 5.74) is 0.556. The lowest BCUT2D eigenvalue weighted by Crippen LogP contribution is -2.59. The van der Waals surface area contributed by atoms with Gasteiger partial charge >= 0.3 is 0 Å². The van der Waals surface area contributed by atoms with E-state index in [0.29, 0.717) is 19.0 Å². The van der Waals surface area contributed by atoms with E-state index in [-0.39, 0.29) is 23.8 Å². The van der Waals surface area contributed by atoms with Gasteiger partial charge in [0.2, 0.25) is 17.7 Å². The van der Waals surface area contributed by atoms with Crippen molar-refractivity contribution in [3.63, 3.8) is 0 Å². The lowest BCUT2D eigenvalue weighted by atomic mass is 9.85. The van der Waals surface area contributed by atoms with Crippen molar-refractivity contribution < 1.29 is 14.4 Å². The second-order valence-corrected chi connectivity index (χ2v) is 14.1. The van der Waals surface area contributed by atoms with Crippen LogP contribution in [0.2, 0.25) is 0 Å². The fraction of sp³-hybridized carbons (Fsp3) is 0.811. The Bertz CT molecular complexity index is 903. The maximum Gasteiger partial charge on any atom is 0.245 e. The number of piperidine rings is 1. The van der Waals surface area contributed by atoms with E-state index in [1.807, 2.05) is 38.7 Å². The first-order valence-corrected chi connectivity index (χ1v) is 18.0. The molecule has 0 saturated carbocycles. The van der Waals surface area contributed by atoms with Gasteiger partial charge in [0.25, 0.3) is 0 Å². The molecule has 46 heavy (non-hydrogen) atoms. The summed E-state index contributed by atoms with van der Waals surface area (Å²) >= 11 is 0. The molecule has 0 aromatic carbocycles. The lowest BCUT2D eigenvalue weighted by Gasteiger charge is -2.40. The number of likely N-dealkylation sites (tertiary alicyclic amines) is 2. The first-order chi connectivity index (χ1) is 21.7. The smallest absolute Gasteiger partial charge is 0.245 e. The standard InChI is InChI=1S/C26H46N4O3.C8H18N2.C3H8/c1-19(2)30-16-9-8-12-21(30)24(32)27-23(26(4,5)6)25(33)28(7)17-13-20(3)18-22(31)29-14-10-11-15-29;1-4-9-7-8-10(5-2)6-3;1-3-2/h13,19,21,23H,8-12,14-18H2,1-7H3,(H,27,32);4,9H,1,5-8H2,2-3H3;3H2,1-2H3/b20-13+;;. The van der Waals surface area contributed by atoms with Crippen LogP contribution in [-0.4, -0.2) is 115 Å². The molecule has 0 spiro atoms. The Balaban J connectivity index is 0.00000131. The average Bonchev–Trinajstić information content (AvgIpc) is 3.56. The average molecular weight is 649 g/mol. The number of likely N-dealkylation sites (N-methyl/N-ethyl adjacent to an activating group) is 2. The SMILES string of the molecule is C/C(=C\CN(C)C(=O)C(NC(=O)C1CCCCN1C(C)C)C(C)(C)C)CC(=O)N1CCCC1.C=CNCCN(CC)CC.CCC. The zero-order valence-corrected chi connectivity index (χ0v) is 31.7. The number of nitrogens with one attached hydrogen (secondary N) is 2. The largest absolute Gasteiger partial charge is 0.390 e. The quantitative estimate of drug-likeness (QED) is 0.186. The van der Waals surface area contributed by atoms with Gasteiger partial charge in [0, 0.05) is 52.2 Å². The number of hydrogen-bond acceptors (Lipinski definition) is 6. The number of carbonyl (C=O) groups excluding carboxylic acids is 3. The molecule has 2 rings (SSSR count). The van der Waals surface area contributed by atoms with Crippen LogP contribution in [0.5, 0.6) is 0 Å². The van der Waals surface area contributed by atoms with Crippen LogP contribution in [-0.2, 0) is 14.4 Å². The van der Waals surface area contributed by atoms with E-state index in [1.54, 1.807) is 18.1 Å². The molecule has 0 aliphatic carbocycles. The monoisotopic (exact) mass is 649 g/mol. The van der Waals surface area contributed by atoms with Gasteiger partial charge in [-0.25, -0.2) is 0 Å². The Hall–Kier alpha value is -2.39. The molecule has 0 aromatic rings. The molecule has 268 valence electrons. The first kappa shape index (κ1) is 43.6. The fourth-order valence-corrected chi connectivity index (χ4v) is 5.60. The summed E-state index contributed by atoms with van der Waals surface area (Å²) < 4.78 is 0. The number of amides is 3. The van der Waals surface area contributed by atoms with E-state index in [4.69, 9.17) is 0 Å². The van der Waals surface area contributed by atoms with Gasteiger partial charge in [-0.3, -0.25) is 19.3 Å². The van der Waals surface area contributed by atoms with Crippen LogP contribution < -0.4 is 10.6 Å². The van der Waals surface area contributed by atoms with Crippen molar-refractivity contribution >= 4 is 17.7 Å². The third-order valence-electron chi connectivity index (χ3n) is 8.50. The van der Waals surface area contributed by atoms with E-state index in [0.717, 1.165) is 83.5 Å². The van der Waals surface area contributed by atoms with E-state index in [1.165, 1.54) is 6.42 Å². The molecule has 2 fully saturated rings. The minimum atomic E-state index is -0.606. The predicted octanol–water partition coefficient (Wildman–Crippen LogP) is 5.68. The van der Waals surface area contributed by atoms with Gasteiger partial charge in [-0.05, 0) is 77.7 Å². The molecule has 2 heterocycles. The van der Waals surface area contributed by atoms with Crippen molar-refractivity contribution in [2.45, 2.75) is 132 Å². The molecule has 2 saturated heterocycles. The number of carbonyl (C=O) groups is 3. The maximum absolute atomic E-state index is 13.4. The normalized spacial score (nSPS) is 17.8. The second-order valence-electron chi connectivity index (χ2n) is 14.1. The maximum atomic E-state index is 13.4. The Morgan fingerprint density at radius 1 is 0.978 bits per heavy atom. The highest BCUT2D eigenvalue weighted by molar-refractivity contribution is 5.90. The number of nitrogens with zero attached hydrogens (tertiary/aromatic N) is 4. The zero-order valence-electron chi connectivity index (χ0n) is 31.7. The topological polar surface area (TPSA) is 88.2 Å². The Labute approximate surface area is 283 Å². The highest BCUT2D eigenvalue weighted by Crippen LogP contribution is 2.24. The van der Waals surface area contributed by atoms with Gasteiger partial charge in [0.1, 0.15) is 6.04 Å². The number of hydrogen-bond donors (Lipinski definition) is 2. The molecule has 9 nitrogen and oxygen atoms in total. The summed E-state index contributed by atoms with van der Waals surface area (Å²) in [7, 11) is 1.76. The molecular formula is C37H72N6O3. The minimum Gasteiger partial charge on any atom is -0.390 e. The summed E-state index contributed by atoms with van der Waals surface area (Å²) in [6.07, 6.45) is 10.5. The highest BCUT2D eigenvalue weighted by Gasteiger charge is 2.38. The third-order valence-corrected chi connectivity index (χ3v) is 8.50. The summed E-state index contributed by atoms with van der Waals surface area (Å²) in [6.45, 7) is 31.8. The van der Waals surface area contributed by atoms with Crippen LogP contribution >= 0.6 is 0 Å². The van der Waals surface area contributed by atoms with Crippen LogP contribution in [0.25, 0.3) is 0 Å². The first-order valence-electron chi connectivity index (χ1n) is 18.0. The molecule has 0 aromatic heterocycles. The van der Waals surface area contributed by atoms with E-state index in [2.05, 4.69) is 68.6 Å². The molecular weight excluding hydrogens is 576 g/mol. The van der Waals surface area contributed by atoms with Gasteiger partial charge in [-0.15, -0.1) is 0 Å². The molecule has 2 atom stereocenters. The van der Waals surface area contributed by atoms with Crippen molar-refractivity contribution in [1.29, 1.82) is 0 Å². The fourth-order valence-electron chi connectivity index (χ4n) is 5.60. The highest BCUT2D eigenvalue weighted by atomic mass is 16.2. The third kappa shape index (κ3) is 17.0. The Morgan fingerprint density at radius 2 is 1.54 bits per heavy atom. The van der Waals surface area contributed by atoms with Crippen LogP contribution in [0.3, 0.4) is 0 Å². The van der Waals surface area contributed by atoms with Crippen LogP contribution in [0.1, 0.15) is 114 Å². The molecule has 2 aliphatic heterocycles. The second kappa shape index (κ2) is 23.9. The van der Waals surface area contributed by atoms with Crippen molar-refractivity contribution in [1.82, 2.24) is 30.2 Å². The zero-order chi connectivity index (χ0) is 35.3. The molecule has 3 amide bonds. The molecule has 0 radical (unpaired) electrons. The number of rotatable bonds is 14. The Morgan fingerprint density at radius 3 is 2.04 bits per heavy atom. The van der Waals surface area contributed by atoms with Gasteiger partial charge in [0.05, 0.1) is 6.04 Å². The van der Waals surface area contributed by atoms with Crippen LogP contribution in [0.4, 0.5) is 0 Å². The minimum absolute atomic E-state index is 0.0481. The predicted molar refractivity (Wildman–Crippen MR) is 195 cm³/mol. The molecule has 2 unspecified atom stereocenters. The van der Waals surface area contributed by atoms with Gasteiger partial charge < -0.3 is 25.3 Å². The van der Waals surface area contributed by atoms with Crippen LogP contribution in [0, 0.1) is 5.41 Å². The molecule has 0 bridgehead atoms. The van der Waals surface area contributed by atoms with Crippen molar-refractivity contribution in [2.24, 2.45) is 5.41 Å². The molecule has 9 heteroatoms. The van der Waals surface area contributed by atoms with E-state index in [9.17, 15) is 14.4 Å². The summed E-state index contributed by atoms with van der Waals surface area (Å²) in [5, 5.41) is 6.17. The summed E-state index contributed by atoms with van der Waals surface area (Å²) in [4.78, 5) is 47.2. The van der Waals surface area contributed by atoms with Gasteiger partial charge in [0.15, 0.2) is 0 Å².